The average molecular weight is 665 g/mol. The van der Waals surface area contributed by atoms with Crippen LogP contribution in [-0.2, 0) is 26.2 Å². The van der Waals surface area contributed by atoms with Gasteiger partial charge in [0.2, 0.25) is 11.8 Å². The van der Waals surface area contributed by atoms with Gasteiger partial charge in [-0.2, -0.15) is 0 Å². The summed E-state index contributed by atoms with van der Waals surface area (Å²) in [4.78, 5) is 29.2. The van der Waals surface area contributed by atoms with Gasteiger partial charge >= 0.3 is 0 Å². The molecule has 3 aromatic carbocycles. The van der Waals surface area contributed by atoms with Crippen molar-refractivity contribution in [3.63, 3.8) is 0 Å². The van der Waals surface area contributed by atoms with Crippen LogP contribution in [0.3, 0.4) is 0 Å². The van der Waals surface area contributed by atoms with Crippen molar-refractivity contribution in [3.05, 3.63) is 81.8 Å². The minimum atomic E-state index is -4.31. The summed E-state index contributed by atoms with van der Waals surface area (Å²) in [5, 5.41) is 3.68. The normalized spacial score (nSPS) is 12.6. The number of hydrogen-bond donors (Lipinski definition) is 1. The zero-order chi connectivity index (χ0) is 32.6. The number of benzene rings is 3. The number of nitrogens with one attached hydrogen (secondary N) is 1. The number of hydrogen-bond acceptors (Lipinski definition) is 6. The van der Waals surface area contributed by atoms with Crippen molar-refractivity contribution in [2.75, 3.05) is 25.1 Å². The predicted molar refractivity (Wildman–Crippen MR) is 174 cm³/mol. The Balaban J connectivity index is 2.17. The van der Waals surface area contributed by atoms with Crippen LogP contribution in [0.4, 0.5) is 5.69 Å². The third kappa shape index (κ3) is 8.37. The molecule has 0 fully saturated rings. The number of nitrogens with zero attached hydrogens (tertiary/aromatic N) is 2. The highest BCUT2D eigenvalue weighted by Gasteiger charge is 2.35. The van der Waals surface area contributed by atoms with Crippen molar-refractivity contribution in [3.8, 4) is 11.5 Å². The van der Waals surface area contributed by atoms with Crippen molar-refractivity contribution >= 4 is 50.7 Å². The summed E-state index contributed by atoms with van der Waals surface area (Å²) in [5.41, 5.74) is 1.52. The van der Waals surface area contributed by atoms with Crippen LogP contribution in [-0.4, -0.2) is 58.0 Å². The summed E-state index contributed by atoms with van der Waals surface area (Å²) >= 11 is 12.6. The largest absolute Gasteiger partial charge is 0.497 e. The molecule has 3 rings (SSSR count). The molecule has 0 aromatic heterocycles. The molecule has 2 atom stereocenters. The molecule has 1 N–H and O–H groups in total. The first-order valence-electron chi connectivity index (χ1n) is 14.2. The van der Waals surface area contributed by atoms with Gasteiger partial charge in [0.05, 0.1) is 24.8 Å². The Morgan fingerprint density at radius 3 is 2.18 bits per heavy atom. The van der Waals surface area contributed by atoms with Gasteiger partial charge in [-0.15, -0.1) is 0 Å². The molecule has 0 radical (unpaired) electrons. The first kappa shape index (κ1) is 35.0. The molecule has 3 aromatic rings. The molecular weight excluding hydrogens is 625 g/mol. The van der Waals surface area contributed by atoms with Gasteiger partial charge in [0, 0.05) is 28.7 Å². The quantitative estimate of drug-likeness (QED) is 0.219. The SMILES string of the molecule is CC[C@@H](C)NC(=O)[C@H](CC)N(Cc1ccc(Cl)cc1Cl)C(=O)CN(c1cc(OC)ccc1OC)S(=O)(=O)c1ccc(C)cc1. The average Bonchev–Trinajstić information content (AvgIpc) is 3.00. The van der Waals surface area contributed by atoms with Crippen LogP contribution in [0.25, 0.3) is 0 Å². The Morgan fingerprint density at radius 1 is 0.932 bits per heavy atom. The number of carbonyl (C=O) groups is 2. The lowest BCUT2D eigenvalue weighted by atomic mass is 10.1. The van der Waals surface area contributed by atoms with Crippen LogP contribution in [0.2, 0.25) is 10.0 Å². The van der Waals surface area contributed by atoms with Gasteiger partial charge in [-0.1, -0.05) is 60.8 Å². The van der Waals surface area contributed by atoms with E-state index in [0.717, 1.165) is 9.87 Å². The van der Waals surface area contributed by atoms with Crippen LogP contribution < -0.4 is 19.1 Å². The van der Waals surface area contributed by atoms with Crippen molar-refractivity contribution < 1.29 is 27.5 Å². The van der Waals surface area contributed by atoms with E-state index < -0.39 is 28.5 Å². The molecule has 0 saturated heterocycles. The van der Waals surface area contributed by atoms with E-state index in [1.54, 1.807) is 49.4 Å². The number of amides is 2. The second-order valence-electron chi connectivity index (χ2n) is 10.4. The minimum Gasteiger partial charge on any atom is -0.497 e. The second kappa shape index (κ2) is 15.5. The number of sulfonamides is 1. The second-order valence-corrected chi connectivity index (χ2v) is 13.1. The fourth-order valence-corrected chi connectivity index (χ4v) is 6.42. The highest BCUT2D eigenvalue weighted by Crippen LogP contribution is 2.36. The fraction of sp³-hybridized carbons (Fsp3) is 0.375. The summed E-state index contributed by atoms with van der Waals surface area (Å²) in [6.07, 6.45) is 0.962. The van der Waals surface area contributed by atoms with Gasteiger partial charge in [0.15, 0.2) is 0 Å². The van der Waals surface area contributed by atoms with Crippen LogP contribution in [0.15, 0.2) is 65.6 Å². The molecule has 0 saturated carbocycles. The van der Waals surface area contributed by atoms with Crippen LogP contribution in [0.5, 0.6) is 11.5 Å². The lowest BCUT2D eigenvalue weighted by Crippen LogP contribution is -2.53. The summed E-state index contributed by atoms with van der Waals surface area (Å²) in [5.74, 6) is -0.403. The number of methoxy groups -OCH3 is 2. The Hall–Kier alpha value is -3.47. The molecule has 238 valence electrons. The monoisotopic (exact) mass is 663 g/mol. The van der Waals surface area contributed by atoms with Crippen LogP contribution in [0, 0.1) is 6.92 Å². The zero-order valence-electron chi connectivity index (χ0n) is 25.8. The maximum Gasteiger partial charge on any atom is 0.264 e. The van der Waals surface area contributed by atoms with Crippen molar-refractivity contribution in [2.45, 2.75) is 64.1 Å². The van der Waals surface area contributed by atoms with E-state index >= 15 is 0 Å². The van der Waals surface area contributed by atoms with Crippen LogP contribution >= 0.6 is 23.2 Å². The first-order valence-corrected chi connectivity index (χ1v) is 16.4. The van der Waals surface area contributed by atoms with Gasteiger partial charge in [0.1, 0.15) is 24.1 Å². The third-order valence-electron chi connectivity index (χ3n) is 7.29. The number of aryl methyl sites for hydroxylation is 1. The topological polar surface area (TPSA) is 105 Å². The molecule has 0 heterocycles. The summed E-state index contributed by atoms with van der Waals surface area (Å²) in [6, 6.07) is 14.8. The minimum absolute atomic E-state index is 0.0189. The number of rotatable bonds is 14. The standard InChI is InChI=1S/C32H39Cl2N3O6S/c1-7-22(4)35-32(39)28(8-2)36(19-23-11-12-24(33)17-27(23)34)31(38)20-37(29-18-25(42-5)13-16-30(29)43-6)44(40,41)26-14-9-21(3)10-15-26/h9-18,22,28H,7-8,19-20H2,1-6H3,(H,35,39)/t22-,28+/m1/s1. The molecule has 0 unspecified atom stereocenters. The number of carbonyl (C=O) groups excluding carboxylic acids is 2. The molecule has 2 amide bonds. The van der Waals surface area contributed by atoms with Gasteiger partial charge in [-0.05, 0) is 68.7 Å². The van der Waals surface area contributed by atoms with E-state index in [0.29, 0.717) is 27.8 Å². The summed E-state index contributed by atoms with van der Waals surface area (Å²) < 4.78 is 40.3. The lowest BCUT2D eigenvalue weighted by molar-refractivity contribution is -0.140. The van der Waals surface area contributed by atoms with E-state index in [-0.39, 0.29) is 41.2 Å². The molecule has 0 aliphatic carbocycles. The lowest BCUT2D eigenvalue weighted by Gasteiger charge is -2.34. The van der Waals surface area contributed by atoms with E-state index in [1.807, 2.05) is 20.8 Å². The van der Waals surface area contributed by atoms with Gasteiger partial charge < -0.3 is 19.7 Å². The van der Waals surface area contributed by atoms with E-state index in [1.165, 1.54) is 37.3 Å². The smallest absolute Gasteiger partial charge is 0.264 e. The Labute approximate surface area is 270 Å². The predicted octanol–water partition coefficient (Wildman–Crippen LogP) is 6.24. The Kier molecular flexibility index (Phi) is 12.3. The molecule has 0 aliphatic rings. The van der Waals surface area contributed by atoms with Gasteiger partial charge in [-0.3, -0.25) is 13.9 Å². The van der Waals surface area contributed by atoms with Crippen molar-refractivity contribution in [2.24, 2.45) is 0 Å². The highest BCUT2D eigenvalue weighted by atomic mass is 35.5. The Bertz CT molecular complexity index is 1570. The Morgan fingerprint density at radius 2 is 1.61 bits per heavy atom. The van der Waals surface area contributed by atoms with Crippen LogP contribution in [0.1, 0.15) is 44.7 Å². The van der Waals surface area contributed by atoms with Crippen molar-refractivity contribution in [1.29, 1.82) is 0 Å². The maximum absolute atomic E-state index is 14.4. The maximum atomic E-state index is 14.4. The summed E-state index contributed by atoms with van der Waals surface area (Å²) in [7, 11) is -1.45. The first-order chi connectivity index (χ1) is 20.9. The third-order valence-corrected chi connectivity index (χ3v) is 9.65. The zero-order valence-corrected chi connectivity index (χ0v) is 28.1. The number of halogens is 2. The van der Waals surface area contributed by atoms with Crippen molar-refractivity contribution in [1.82, 2.24) is 10.2 Å². The van der Waals surface area contributed by atoms with E-state index in [2.05, 4.69) is 5.32 Å². The molecule has 0 spiro atoms. The van der Waals surface area contributed by atoms with E-state index in [4.69, 9.17) is 32.7 Å². The van der Waals surface area contributed by atoms with E-state index in [9.17, 15) is 18.0 Å². The highest BCUT2D eigenvalue weighted by molar-refractivity contribution is 7.92. The molecular formula is C32H39Cl2N3O6S. The molecule has 12 heteroatoms. The number of ether oxygens (including phenoxy) is 2. The van der Waals surface area contributed by atoms with Gasteiger partial charge in [-0.25, -0.2) is 8.42 Å². The molecule has 0 bridgehead atoms. The van der Waals surface area contributed by atoms with Gasteiger partial charge in [0.25, 0.3) is 10.0 Å². The molecule has 9 nitrogen and oxygen atoms in total. The number of anilines is 1. The summed E-state index contributed by atoms with van der Waals surface area (Å²) in [6.45, 7) is 6.75. The fourth-order valence-electron chi connectivity index (χ4n) is 4.54. The molecule has 44 heavy (non-hydrogen) atoms. The molecule has 0 aliphatic heterocycles.